The normalized spacial score (nSPS) is 31.4. The fourth-order valence-electron chi connectivity index (χ4n) is 3.22. The first kappa shape index (κ1) is 10.8. The lowest BCUT2D eigenvalue weighted by Crippen LogP contribution is -2.41. The summed E-state index contributed by atoms with van der Waals surface area (Å²) in [6.07, 6.45) is 3.66. The smallest absolute Gasteiger partial charge is 0.235 e. The molecule has 1 aromatic carbocycles. The number of para-hydroxylation sites is 1. The van der Waals surface area contributed by atoms with Crippen molar-refractivity contribution in [3.8, 4) is 0 Å². The molecule has 3 heteroatoms. The highest BCUT2D eigenvalue weighted by Gasteiger charge is 2.48. The van der Waals surface area contributed by atoms with Gasteiger partial charge in [-0.1, -0.05) is 18.2 Å². The zero-order chi connectivity index (χ0) is 12.0. The van der Waals surface area contributed by atoms with Gasteiger partial charge in [0.2, 0.25) is 5.91 Å². The third-order valence-electron chi connectivity index (χ3n) is 4.35. The van der Waals surface area contributed by atoms with Crippen LogP contribution >= 0.6 is 0 Å². The number of nitrogens with one attached hydrogen (secondary N) is 1. The Kier molecular flexibility index (Phi) is 2.26. The highest BCUT2D eigenvalue weighted by Crippen LogP contribution is 2.47. The fourth-order valence-corrected chi connectivity index (χ4v) is 3.22. The first-order chi connectivity index (χ1) is 8.13. The average Bonchev–Trinajstić information content (AvgIpc) is 2.59. The van der Waals surface area contributed by atoms with Gasteiger partial charge in [0, 0.05) is 11.7 Å². The predicted octanol–water partition coefficient (Wildman–Crippen LogP) is 2.09. The molecule has 0 atom stereocenters. The van der Waals surface area contributed by atoms with Crippen molar-refractivity contribution in [2.75, 3.05) is 5.32 Å². The summed E-state index contributed by atoms with van der Waals surface area (Å²) >= 11 is 0. The van der Waals surface area contributed by atoms with Gasteiger partial charge in [-0.15, -0.1) is 0 Å². The molecule has 1 amide bonds. The predicted molar refractivity (Wildman–Crippen MR) is 67.9 cm³/mol. The maximum atomic E-state index is 12.3. The molecule has 2 aliphatic rings. The topological polar surface area (TPSA) is 55.1 Å². The quantitative estimate of drug-likeness (QED) is 0.717. The summed E-state index contributed by atoms with van der Waals surface area (Å²) < 4.78 is 0. The standard InChI is InChI=1S/C14H18N2O/c1-9-3-2-4-11-12(9)16-13(17)14(11)7-5-10(15)6-8-14/h2-4,10H,5-8,15H2,1H3,(H,16,17). The van der Waals surface area contributed by atoms with Gasteiger partial charge < -0.3 is 11.1 Å². The van der Waals surface area contributed by atoms with Gasteiger partial charge in [0.1, 0.15) is 0 Å². The van der Waals surface area contributed by atoms with E-state index in [0.717, 1.165) is 36.9 Å². The van der Waals surface area contributed by atoms with Gasteiger partial charge in [0.25, 0.3) is 0 Å². The second-order valence-electron chi connectivity index (χ2n) is 5.37. The molecule has 0 saturated heterocycles. The van der Waals surface area contributed by atoms with Crippen molar-refractivity contribution in [1.29, 1.82) is 0 Å². The number of amides is 1. The summed E-state index contributed by atoms with van der Waals surface area (Å²) in [6, 6.07) is 6.45. The van der Waals surface area contributed by atoms with Gasteiger partial charge >= 0.3 is 0 Å². The van der Waals surface area contributed by atoms with Gasteiger partial charge in [-0.05, 0) is 43.7 Å². The molecule has 0 radical (unpaired) electrons. The number of nitrogens with two attached hydrogens (primary N) is 1. The third kappa shape index (κ3) is 1.42. The van der Waals surface area contributed by atoms with Crippen LogP contribution in [0.25, 0.3) is 0 Å². The summed E-state index contributed by atoms with van der Waals surface area (Å²) in [5, 5.41) is 3.06. The van der Waals surface area contributed by atoms with E-state index >= 15 is 0 Å². The summed E-state index contributed by atoms with van der Waals surface area (Å²) in [5.74, 6) is 0.175. The van der Waals surface area contributed by atoms with E-state index in [2.05, 4.69) is 11.4 Å². The Morgan fingerprint density at radius 2 is 2.06 bits per heavy atom. The van der Waals surface area contributed by atoms with E-state index in [0.29, 0.717) is 0 Å². The third-order valence-corrected chi connectivity index (χ3v) is 4.35. The van der Waals surface area contributed by atoms with E-state index in [1.165, 1.54) is 5.56 Å². The molecule has 3 nitrogen and oxygen atoms in total. The molecule has 1 aliphatic carbocycles. The SMILES string of the molecule is Cc1cccc2c1NC(=O)C21CCC(N)CC1. The fraction of sp³-hybridized carbons (Fsp3) is 0.500. The van der Waals surface area contributed by atoms with Crippen LogP contribution < -0.4 is 11.1 Å². The maximum Gasteiger partial charge on any atom is 0.235 e. The van der Waals surface area contributed by atoms with Crippen molar-refractivity contribution in [2.45, 2.75) is 44.1 Å². The van der Waals surface area contributed by atoms with Crippen LogP contribution in [0.4, 0.5) is 5.69 Å². The monoisotopic (exact) mass is 230 g/mol. The molecule has 90 valence electrons. The lowest BCUT2D eigenvalue weighted by Gasteiger charge is -2.34. The van der Waals surface area contributed by atoms with Gasteiger partial charge in [-0.3, -0.25) is 4.79 Å². The van der Waals surface area contributed by atoms with Crippen LogP contribution in [0, 0.1) is 6.92 Å². The van der Waals surface area contributed by atoms with Crippen molar-refractivity contribution in [3.05, 3.63) is 29.3 Å². The van der Waals surface area contributed by atoms with E-state index < -0.39 is 0 Å². The van der Waals surface area contributed by atoms with Crippen LogP contribution in [0.3, 0.4) is 0 Å². The Morgan fingerprint density at radius 3 is 2.76 bits per heavy atom. The lowest BCUT2D eigenvalue weighted by atomic mass is 9.69. The molecule has 0 bridgehead atoms. The van der Waals surface area contributed by atoms with Crippen LogP contribution in [-0.4, -0.2) is 11.9 Å². The van der Waals surface area contributed by atoms with Gasteiger partial charge in [-0.25, -0.2) is 0 Å². The minimum Gasteiger partial charge on any atom is -0.328 e. The van der Waals surface area contributed by atoms with Gasteiger partial charge in [0.05, 0.1) is 5.41 Å². The van der Waals surface area contributed by atoms with Crippen molar-refractivity contribution in [1.82, 2.24) is 0 Å². The molecule has 0 unspecified atom stereocenters. The molecule has 1 saturated carbocycles. The molecule has 0 aromatic heterocycles. The second-order valence-corrected chi connectivity index (χ2v) is 5.37. The number of hydrogen-bond donors (Lipinski definition) is 2. The van der Waals surface area contributed by atoms with Crippen LogP contribution in [0.15, 0.2) is 18.2 Å². The van der Waals surface area contributed by atoms with Crippen LogP contribution in [0.2, 0.25) is 0 Å². The minimum absolute atomic E-state index is 0.175. The number of fused-ring (bicyclic) bond motifs is 2. The van der Waals surface area contributed by atoms with Crippen LogP contribution in [0.1, 0.15) is 36.8 Å². The van der Waals surface area contributed by atoms with Gasteiger partial charge in [0.15, 0.2) is 0 Å². The summed E-state index contributed by atoms with van der Waals surface area (Å²) in [4.78, 5) is 12.3. The van der Waals surface area contributed by atoms with E-state index in [1.807, 2.05) is 19.1 Å². The molecule has 3 rings (SSSR count). The summed E-state index contributed by atoms with van der Waals surface area (Å²) in [6.45, 7) is 2.05. The number of carbonyl (C=O) groups excluding carboxylic acids is 1. The number of hydrogen-bond acceptors (Lipinski definition) is 2. The first-order valence-electron chi connectivity index (χ1n) is 6.31. The van der Waals surface area contributed by atoms with E-state index in [9.17, 15) is 4.79 Å². The average molecular weight is 230 g/mol. The minimum atomic E-state index is -0.294. The van der Waals surface area contributed by atoms with Crippen LogP contribution in [-0.2, 0) is 10.2 Å². The molecule has 3 N–H and O–H groups in total. The number of rotatable bonds is 0. The Hall–Kier alpha value is -1.35. The molecule has 1 fully saturated rings. The number of anilines is 1. The van der Waals surface area contributed by atoms with Crippen molar-refractivity contribution < 1.29 is 4.79 Å². The number of benzene rings is 1. The van der Waals surface area contributed by atoms with Crippen molar-refractivity contribution in [2.24, 2.45) is 5.73 Å². The van der Waals surface area contributed by atoms with Crippen molar-refractivity contribution in [3.63, 3.8) is 0 Å². The summed E-state index contributed by atoms with van der Waals surface area (Å²) in [7, 11) is 0. The second kappa shape index (κ2) is 3.57. The molecular weight excluding hydrogens is 212 g/mol. The molecule has 1 heterocycles. The zero-order valence-corrected chi connectivity index (χ0v) is 10.1. The maximum absolute atomic E-state index is 12.3. The molecule has 1 aromatic rings. The number of aryl methyl sites for hydroxylation is 1. The molecule has 17 heavy (non-hydrogen) atoms. The largest absolute Gasteiger partial charge is 0.328 e. The lowest BCUT2D eigenvalue weighted by molar-refractivity contribution is -0.122. The highest BCUT2D eigenvalue weighted by atomic mass is 16.2. The van der Waals surface area contributed by atoms with Gasteiger partial charge in [-0.2, -0.15) is 0 Å². The highest BCUT2D eigenvalue weighted by molar-refractivity contribution is 6.07. The number of carbonyl (C=O) groups is 1. The van der Waals surface area contributed by atoms with E-state index in [4.69, 9.17) is 5.73 Å². The van der Waals surface area contributed by atoms with E-state index in [-0.39, 0.29) is 17.4 Å². The molecular formula is C14H18N2O. The van der Waals surface area contributed by atoms with Crippen molar-refractivity contribution >= 4 is 11.6 Å². The Bertz CT molecular complexity index is 473. The zero-order valence-electron chi connectivity index (χ0n) is 10.1. The molecule has 1 aliphatic heterocycles. The Morgan fingerprint density at radius 1 is 1.35 bits per heavy atom. The first-order valence-corrected chi connectivity index (χ1v) is 6.31. The molecule has 1 spiro atoms. The Labute approximate surface area is 101 Å². The summed E-state index contributed by atoms with van der Waals surface area (Å²) in [5.41, 5.74) is 9.03. The van der Waals surface area contributed by atoms with Crippen LogP contribution in [0.5, 0.6) is 0 Å². The Balaban J connectivity index is 2.08. The van der Waals surface area contributed by atoms with E-state index in [1.54, 1.807) is 0 Å².